The van der Waals surface area contributed by atoms with Gasteiger partial charge in [0.15, 0.2) is 0 Å². The van der Waals surface area contributed by atoms with Crippen molar-refractivity contribution < 1.29 is 18.3 Å². The van der Waals surface area contributed by atoms with Crippen molar-refractivity contribution in [3.05, 3.63) is 48.7 Å². The minimum absolute atomic E-state index is 0.0193. The molecule has 0 atom stereocenters. The average molecular weight is 623 g/mol. The lowest BCUT2D eigenvalue weighted by Crippen LogP contribution is -2.56. The summed E-state index contributed by atoms with van der Waals surface area (Å²) in [6.45, 7) is 13.6. The van der Waals surface area contributed by atoms with E-state index >= 15 is 0 Å². The predicted molar refractivity (Wildman–Crippen MR) is 172 cm³/mol. The maximum atomic E-state index is 14.0. The number of fused-ring (bicyclic) bond motifs is 1. The Kier molecular flexibility index (Phi) is 9.09. The van der Waals surface area contributed by atoms with Gasteiger partial charge in [-0.3, -0.25) is 14.8 Å². The molecular weight excluding hydrogens is 579 g/mol. The van der Waals surface area contributed by atoms with Crippen molar-refractivity contribution in [2.45, 2.75) is 61.0 Å². The van der Waals surface area contributed by atoms with E-state index in [1.165, 1.54) is 56.4 Å². The molecule has 3 fully saturated rings. The Morgan fingerprint density at radius 2 is 1.44 bits per heavy atom. The average Bonchev–Trinajstić information content (AvgIpc) is 3.04. The van der Waals surface area contributed by atoms with Gasteiger partial charge in [-0.2, -0.15) is 0 Å². The van der Waals surface area contributed by atoms with Crippen molar-refractivity contribution in [2.75, 3.05) is 63.8 Å². The molecule has 0 bridgehead atoms. The Hall–Kier alpha value is -2.54. The molecule has 0 aliphatic carbocycles. The number of hydrogen-bond donors (Lipinski definition) is 2. The van der Waals surface area contributed by atoms with Gasteiger partial charge in [0.05, 0.1) is 16.1 Å². The summed E-state index contributed by atoms with van der Waals surface area (Å²) in [6, 6.07) is 12.6. The molecule has 0 amide bonds. The molecule has 43 heavy (non-hydrogen) atoms. The number of anilines is 1. The predicted octanol–water partition coefficient (Wildman–Crippen LogP) is 2.66. The number of rotatable bonds is 7. The molecule has 3 aliphatic rings. The van der Waals surface area contributed by atoms with Crippen LogP contribution in [-0.2, 0) is 9.84 Å². The molecule has 231 valence electrons. The van der Waals surface area contributed by atoms with Crippen LogP contribution in [0.4, 0.5) is 5.69 Å². The first-order chi connectivity index (χ1) is 20.7. The SMILES string of the molecule is CCN1CCC(N2CCN(C3CCN(c4c(S(=O)(=O)c5ccc(O)cc5)cnc5ccc([Si](C)O)cc45)CC3)CC2)CC1. The Morgan fingerprint density at radius 3 is 2.00 bits per heavy atom. The monoisotopic (exact) mass is 622 g/mol. The Bertz CT molecular complexity index is 1510. The number of aromatic nitrogens is 1. The van der Waals surface area contributed by atoms with Gasteiger partial charge in [-0.1, -0.05) is 13.0 Å². The lowest BCUT2D eigenvalue weighted by atomic mass is 9.99. The number of pyridine rings is 1. The summed E-state index contributed by atoms with van der Waals surface area (Å²) in [5.41, 5.74) is 1.39. The molecule has 6 rings (SSSR count). The molecule has 3 saturated heterocycles. The third-order valence-electron chi connectivity index (χ3n) is 9.83. The number of phenolic OH excluding ortho intramolecular Hbond substituents is 1. The number of nitrogens with zero attached hydrogens (tertiary/aromatic N) is 5. The number of hydrogen-bond acceptors (Lipinski definition) is 9. The fourth-order valence-corrected chi connectivity index (χ4v) is 9.29. The van der Waals surface area contributed by atoms with Crippen molar-refractivity contribution >= 4 is 40.7 Å². The molecule has 0 unspecified atom stereocenters. The molecule has 9 nitrogen and oxygen atoms in total. The molecule has 11 heteroatoms. The molecular formula is C32H44N5O4SSi. The van der Waals surface area contributed by atoms with Crippen LogP contribution in [0.15, 0.2) is 58.5 Å². The van der Waals surface area contributed by atoms with E-state index in [2.05, 4.69) is 31.5 Å². The van der Waals surface area contributed by atoms with Crippen molar-refractivity contribution in [1.29, 1.82) is 0 Å². The fraction of sp³-hybridized carbons (Fsp3) is 0.531. The second-order valence-electron chi connectivity index (χ2n) is 12.2. The van der Waals surface area contributed by atoms with Gasteiger partial charge in [-0.25, -0.2) is 8.42 Å². The normalized spacial score (nSPS) is 20.8. The second kappa shape index (κ2) is 12.8. The number of aromatic hydroxyl groups is 1. The van der Waals surface area contributed by atoms with E-state index in [9.17, 15) is 18.3 Å². The van der Waals surface area contributed by atoms with Crippen molar-refractivity contribution in [1.82, 2.24) is 19.7 Å². The zero-order valence-electron chi connectivity index (χ0n) is 25.3. The highest BCUT2D eigenvalue weighted by Gasteiger charge is 2.33. The van der Waals surface area contributed by atoms with Crippen LogP contribution in [0.5, 0.6) is 5.75 Å². The molecule has 2 N–H and O–H groups in total. The van der Waals surface area contributed by atoms with Gasteiger partial charge in [0, 0.05) is 62.9 Å². The van der Waals surface area contributed by atoms with E-state index in [0.717, 1.165) is 80.8 Å². The van der Waals surface area contributed by atoms with E-state index in [1.807, 2.05) is 24.7 Å². The summed E-state index contributed by atoms with van der Waals surface area (Å²) in [7, 11) is -5.63. The second-order valence-corrected chi connectivity index (χ2v) is 15.9. The summed E-state index contributed by atoms with van der Waals surface area (Å²) >= 11 is 0. The van der Waals surface area contributed by atoms with Gasteiger partial charge < -0.3 is 19.7 Å². The summed E-state index contributed by atoms with van der Waals surface area (Å²) in [6.07, 6.45) is 5.98. The third kappa shape index (κ3) is 6.34. The lowest BCUT2D eigenvalue weighted by Gasteiger charge is -2.46. The van der Waals surface area contributed by atoms with Crippen LogP contribution in [0, 0.1) is 0 Å². The number of likely N-dealkylation sites (tertiary alicyclic amines) is 1. The van der Waals surface area contributed by atoms with Crippen LogP contribution in [0.25, 0.3) is 10.9 Å². The minimum Gasteiger partial charge on any atom is -0.508 e. The lowest BCUT2D eigenvalue weighted by molar-refractivity contribution is 0.0384. The standard InChI is InChI=1S/C32H44N5O4SSi/c1-3-34-14-10-24(11-15-34)35-18-20-36(21-19-35)25-12-16-37(17-13-25)32-29-22-28(43(2)41)8-9-30(29)33-23-31(32)42(39,40)27-6-4-26(38)5-7-27/h4-9,22-25,38,41H,3,10-21H2,1-2H3. The Balaban J connectivity index is 1.21. The van der Waals surface area contributed by atoms with Crippen LogP contribution in [0.2, 0.25) is 6.55 Å². The third-order valence-corrected chi connectivity index (χ3v) is 12.7. The smallest absolute Gasteiger partial charge is 0.239 e. The van der Waals surface area contributed by atoms with Crippen LogP contribution in [0.1, 0.15) is 32.6 Å². The van der Waals surface area contributed by atoms with Gasteiger partial charge in [0.1, 0.15) is 10.6 Å². The molecule has 0 spiro atoms. The van der Waals surface area contributed by atoms with Crippen molar-refractivity contribution in [3.63, 3.8) is 0 Å². The number of benzene rings is 2. The fourth-order valence-electron chi connectivity index (χ4n) is 7.18. The van der Waals surface area contributed by atoms with Crippen molar-refractivity contribution in [2.24, 2.45) is 0 Å². The van der Waals surface area contributed by atoms with Crippen LogP contribution >= 0.6 is 0 Å². The summed E-state index contributed by atoms with van der Waals surface area (Å²) < 4.78 is 27.9. The van der Waals surface area contributed by atoms with E-state index in [1.54, 1.807) is 0 Å². The van der Waals surface area contributed by atoms with Gasteiger partial charge in [0.25, 0.3) is 0 Å². The summed E-state index contributed by atoms with van der Waals surface area (Å²) in [5.74, 6) is 0.0193. The van der Waals surface area contributed by atoms with Crippen LogP contribution in [-0.4, -0.2) is 118 Å². The van der Waals surface area contributed by atoms with E-state index in [0.29, 0.717) is 11.7 Å². The van der Waals surface area contributed by atoms with Gasteiger partial charge in [-0.05, 0) is 93.4 Å². The first kappa shape index (κ1) is 30.5. The largest absolute Gasteiger partial charge is 0.508 e. The number of phenols is 1. The summed E-state index contributed by atoms with van der Waals surface area (Å²) in [4.78, 5) is 25.4. The molecule has 1 radical (unpaired) electrons. The van der Waals surface area contributed by atoms with Gasteiger partial charge in [0.2, 0.25) is 18.9 Å². The zero-order chi connectivity index (χ0) is 30.1. The van der Waals surface area contributed by atoms with E-state index in [4.69, 9.17) is 0 Å². The Labute approximate surface area is 257 Å². The Morgan fingerprint density at radius 1 is 0.860 bits per heavy atom. The molecule has 2 aromatic carbocycles. The number of sulfone groups is 1. The topological polar surface area (TPSA) is 100 Å². The van der Waals surface area contributed by atoms with Gasteiger partial charge in [-0.15, -0.1) is 0 Å². The van der Waals surface area contributed by atoms with E-state index in [-0.39, 0.29) is 15.5 Å². The van der Waals surface area contributed by atoms with Crippen molar-refractivity contribution in [3.8, 4) is 5.75 Å². The highest BCUT2D eigenvalue weighted by Crippen LogP contribution is 2.37. The minimum atomic E-state index is -3.90. The van der Waals surface area contributed by atoms with Crippen LogP contribution in [0.3, 0.4) is 0 Å². The molecule has 4 heterocycles. The first-order valence-electron chi connectivity index (χ1n) is 15.7. The quantitative estimate of drug-likeness (QED) is 0.386. The summed E-state index contributed by atoms with van der Waals surface area (Å²) in [5, 5.41) is 11.4. The first-order valence-corrected chi connectivity index (χ1v) is 19.1. The van der Waals surface area contributed by atoms with Crippen LogP contribution < -0.4 is 10.1 Å². The van der Waals surface area contributed by atoms with Gasteiger partial charge >= 0.3 is 0 Å². The zero-order valence-corrected chi connectivity index (χ0v) is 27.1. The maximum Gasteiger partial charge on any atom is 0.239 e. The molecule has 3 aliphatic heterocycles. The molecule has 1 aromatic heterocycles. The molecule has 0 saturated carbocycles. The number of piperidine rings is 2. The molecule has 3 aromatic rings. The van der Waals surface area contributed by atoms with E-state index < -0.39 is 18.9 Å². The highest BCUT2D eigenvalue weighted by atomic mass is 32.2. The number of piperazine rings is 1. The maximum absolute atomic E-state index is 14.0. The highest BCUT2D eigenvalue weighted by molar-refractivity contribution is 7.91.